The fourth-order valence-corrected chi connectivity index (χ4v) is 12.1. The summed E-state index contributed by atoms with van der Waals surface area (Å²) < 4.78 is 4.82. The van der Waals surface area contributed by atoms with Crippen molar-refractivity contribution in [3.05, 3.63) is 277 Å². The largest absolute Gasteiger partial charge is 0.314 e. The summed E-state index contributed by atoms with van der Waals surface area (Å²) in [5.74, 6) is 0. The van der Waals surface area contributed by atoms with E-state index in [1.165, 1.54) is 82.7 Å². The molecule has 0 saturated heterocycles. The zero-order valence-corrected chi connectivity index (χ0v) is 41.0. The number of aromatic nitrogens is 2. The normalized spacial score (nSPS) is 13.8. The molecule has 0 radical (unpaired) electrons. The number of nitrogens with zero attached hydrogens (tertiary/aromatic N) is 4. The number of rotatable bonds is 9. The summed E-state index contributed by atoms with van der Waals surface area (Å²) in [6, 6.07) is 89.1. The van der Waals surface area contributed by atoms with Gasteiger partial charge in [-0.3, -0.25) is 0 Å². The van der Waals surface area contributed by atoms with E-state index in [2.05, 4.69) is 288 Å². The lowest BCUT2D eigenvalue weighted by Crippen LogP contribution is -2.18. The summed E-state index contributed by atoms with van der Waals surface area (Å²) >= 11 is 0. The maximum absolute atomic E-state index is 2.45. The van der Waals surface area contributed by atoms with Crippen LogP contribution in [-0.2, 0) is 5.41 Å². The highest BCUT2D eigenvalue weighted by Gasteiger charge is 2.35. The van der Waals surface area contributed by atoms with Gasteiger partial charge in [-0.2, -0.15) is 0 Å². The molecule has 0 unspecified atom stereocenters. The third-order valence-corrected chi connectivity index (χ3v) is 15.6. The molecule has 0 saturated carbocycles. The van der Waals surface area contributed by atoms with Gasteiger partial charge >= 0.3 is 0 Å². The molecular weight excluding hydrogens is 885 g/mol. The maximum Gasteiger partial charge on any atom is 0.0561 e. The first-order valence-electron chi connectivity index (χ1n) is 25.6. The van der Waals surface area contributed by atoms with Crippen molar-refractivity contribution in [2.45, 2.75) is 32.1 Å². The summed E-state index contributed by atoms with van der Waals surface area (Å²) in [6.07, 6.45) is 6.51. The Morgan fingerprint density at radius 1 is 0.342 bits per heavy atom. The van der Waals surface area contributed by atoms with Gasteiger partial charge in [-0.05, 0) is 149 Å². The molecule has 0 amide bonds. The van der Waals surface area contributed by atoms with Crippen molar-refractivity contribution in [2.24, 2.45) is 0 Å². The number of hydrogen-bond donors (Lipinski definition) is 0. The number of benzene rings is 10. The molecule has 0 atom stereocenters. The summed E-state index contributed by atoms with van der Waals surface area (Å²) in [4.78, 5) is 4.90. The number of allylic oxidation sites excluding steroid dienone is 4. The molecule has 4 nitrogen and oxygen atoms in total. The molecule has 0 spiro atoms. The van der Waals surface area contributed by atoms with Crippen LogP contribution in [0.1, 0.15) is 43.4 Å². The van der Waals surface area contributed by atoms with E-state index in [4.69, 9.17) is 0 Å². The third-order valence-electron chi connectivity index (χ3n) is 15.6. The zero-order valence-electron chi connectivity index (χ0n) is 41.0. The maximum atomic E-state index is 2.45. The molecule has 4 heteroatoms. The fourth-order valence-electron chi connectivity index (χ4n) is 12.1. The molecule has 14 rings (SSSR count). The minimum Gasteiger partial charge on any atom is -0.314 e. The van der Waals surface area contributed by atoms with Gasteiger partial charge in [0.2, 0.25) is 0 Å². The second-order valence-corrected chi connectivity index (χ2v) is 20.1. The smallest absolute Gasteiger partial charge is 0.0561 e. The lowest BCUT2D eigenvalue weighted by Gasteiger charge is -2.30. The van der Waals surface area contributed by atoms with Gasteiger partial charge in [0.05, 0.1) is 22.1 Å². The molecule has 73 heavy (non-hydrogen) atoms. The van der Waals surface area contributed by atoms with Crippen LogP contribution in [0.15, 0.2) is 261 Å². The van der Waals surface area contributed by atoms with Gasteiger partial charge in [-0.15, -0.1) is 0 Å². The fraction of sp³-hybridized carbons (Fsp3) is 0.0725. The van der Waals surface area contributed by atoms with Crippen LogP contribution in [0.25, 0.3) is 71.7 Å². The van der Waals surface area contributed by atoms with Crippen molar-refractivity contribution < 1.29 is 0 Å². The highest BCUT2D eigenvalue weighted by atomic mass is 15.2. The summed E-state index contributed by atoms with van der Waals surface area (Å²) in [5, 5.41) is 4.99. The second-order valence-electron chi connectivity index (χ2n) is 20.1. The van der Waals surface area contributed by atoms with Gasteiger partial charge in [0.15, 0.2) is 0 Å². The lowest BCUT2D eigenvalue weighted by molar-refractivity contribution is 0.660. The van der Waals surface area contributed by atoms with Crippen molar-refractivity contribution in [2.75, 3.05) is 9.80 Å². The van der Waals surface area contributed by atoms with Crippen LogP contribution in [0.4, 0.5) is 28.4 Å². The number of anilines is 5. The molecule has 2 aromatic heterocycles. The van der Waals surface area contributed by atoms with Crippen LogP contribution in [0.5, 0.6) is 0 Å². The van der Waals surface area contributed by atoms with Crippen LogP contribution in [0.2, 0.25) is 0 Å². The molecule has 2 aliphatic rings. The van der Waals surface area contributed by atoms with Gasteiger partial charge in [0.1, 0.15) is 0 Å². The summed E-state index contributed by atoms with van der Waals surface area (Å²) in [7, 11) is 0. The molecule has 348 valence electrons. The summed E-state index contributed by atoms with van der Waals surface area (Å²) in [5.41, 5.74) is 21.9. The SMILES string of the molecule is CC1(C)c2ccccc2-c2cc(N(c3ccc(C4=CC=C(N(c5ccccc5)c5ccc6c7ccccc7n(-c7ccccc7)c6c5)CC4)cc3)c3ccc4c5ccccc5n(-c5ccccc5)c4c3)ccc21. The Morgan fingerprint density at radius 2 is 0.808 bits per heavy atom. The zero-order chi connectivity index (χ0) is 48.6. The predicted octanol–water partition coefficient (Wildman–Crippen LogP) is 18.6. The molecule has 0 aliphatic heterocycles. The number of para-hydroxylation sites is 5. The summed E-state index contributed by atoms with van der Waals surface area (Å²) in [6.45, 7) is 4.71. The molecule has 0 fully saturated rings. The van der Waals surface area contributed by atoms with Gasteiger partial charge in [-0.1, -0.05) is 166 Å². The van der Waals surface area contributed by atoms with Crippen molar-refractivity contribution in [3.8, 4) is 22.5 Å². The molecule has 0 N–H and O–H groups in total. The van der Waals surface area contributed by atoms with E-state index in [0.29, 0.717) is 0 Å². The minimum atomic E-state index is -0.0795. The van der Waals surface area contributed by atoms with E-state index in [-0.39, 0.29) is 5.41 Å². The first-order valence-corrected chi connectivity index (χ1v) is 25.6. The van der Waals surface area contributed by atoms with Crippen LogP contribution in [0, 0.1) is 0 Å². The predicted molar refractivity (Wildman–Crippen MR) is 308 cm³/mol. The van der Waals surface area contributed by atoms with Gasteiger partial charge in [0.25, 0.3) is 0 Å². The van der Waals surface area contributed by atoms with E-state index in [0.717, 1.165) is 52.7 Å². The Bertz CT molecular complexity index is 4160. The molecular formula is C69H52N4. The first-order chi connectivity index (χ1) is 36.0. The Hall–Kier alpha value is -9.12. The van der Waals surface area contributed by atoms with Crippen LogP contribution >= 0.6 is 0 Å². The van der Waals surface area contributed by atoms with Crippen LogP contribution in [-0.4, -0.2) is 9.13 Å². The van der Waals surface area contributed by atoms with Gasteiger partial charge in [0, 0.05) is 72.5 Å². The van der Waals surface area contributed by atoms with E-state index < -0.39 is 0 Å². The lowest BCUT2D eigenvalue weighted by atomic mass is 9.82. The van der Waals surface area contributed by atoms with Gasteiger partial charge < -0.3 is 18.9 Å². The van der Waals surface area contributed by atoms with E-state index >= 15 is 0 Å². The molecule has 2 aliphatic carbocycles. The minimum absolute atomic E-state index is 0.0795. The van der Waals surface area contributed by atoms with Crippen molar-refractivity contribution in [3.63, 3.8) is 0 Å². The van der Waals surface area contributed by atoms with E-state index in [9.17, 15) is 0 Å². The molecule has 0 bridgehead atoms. The van der Waals surface area contributed by atoms with Crippen molar-refractivity contribution in [1.82, 2.24) is 9.13 Å². The topological polar surface area (TPSA) is 16.3 Å². The van der Waals surface area contributed by atoms with Crippen LogP contribution < -0.4 is 9.80 Å². The quantitative estimate of drug-likeness (QED) is 0.143. The Kier molecular flexibility index (Phi) is 9.97. The average molecular weight is 937 g/mol. The molecule has 2 heterocycles. The Balaban J connectivity index is 0.862. The number of fused-ring (bicyclic) bond motifs is 9. The first kappa shape index (κ1) is 42.7. The standard InChI is InChI=1S/C69H52N4/c1-69(2)63-27-15-12-24-57(63)62-44-54(40-43-64(62)69)71(56-39-42-61-59-26-14-17-29-66(59)73(68(61)46-56)51-22-10-5-11-23-51)53-36-32-48(33-37-53)47-30-34-52(35-31-47)70(49-18-6-3-7-19-49)55-38-41-60-58-25-13-16-28-65(58)72(67(60)45-55)50-20-8-4-9-21-50/h3-30,32-34,36-46H,31,35H2,1-2H3. The highest BCUT2D eigenvalue weighted by molar-refractivity contribution is 6.11. The molecule has 10 aromatic carbocycles. The third kappa shape index (κ3) is 6.97. The highest BCUT2D eigenvalue weighted by Crippen LogP contribution is 2.51. The van der Waals surface area contributed by atoms with Crippen LogP contribution in [0.3, 0.4) is 0 Å². The molecule has 12 aromatic rings. The van der Waals surface area contributed by atoms with Gasteiger partial charge in [-0.25, -0.2) is 0 Å². The Morgan fingerprint density at radius 3 is 1.41 bits per heavy atom. The monoisotopic (exact) mass is 936 g/mol. The van der Waals surface area contributed by atoms with E-state index in [1.54, 1.807) is 0 Å². The van der Waals surface area contributed by atoms with Crippen molar-refractivity contribution >= 4 is 77.6 Å². The average Bonchev–Trinajstić information content (AvgIpc) is 4.04. The van der Waals surface area contributed by atoms with Crippen molar-refractivity contribution in [1.29, 1.82) is 0 Å². The van der Waals surface area contributed by atoms with E-state index in [1.807, 2.05) is 0 Å². The second kappa shape index (κ2) is 17.0. The number of hydrogen-bond acceptors (Lipinski definition) is 2. The Labute approximate surface area is 426 Å².